The summed E-state index contributed by atoms with van der Waals surface area (Å²) in [5.41, 5.74) is 2.77. The van der Waals surface area contributed by atoms with Crippen LogP contribution in [0.4, 0.5) is 0 Å². The van der Waals surface area contributed by atoms with Gasteiger partial charge in [0.1, 0.15) is 11.6 Å². The van der Waals surface area contributed by atoms with Crippen molar-refractivity contribution in [1.82, 2.24) is 34.6 Å². The number of hydrogen-bond donors (Lipinski definition) is 3. The van der Waals surface area contributed by atoms with E-state index in [9.17, 15) is 4.79 Å². The number of carboxylic acids is 1. The molecular weight excluding hydrogens is 550 g/mol. The summed E-state index contributed by atoms with van der Waals surface area (Å²) in [6, 6.07) is 9.08. The van der Waals surface area contributed by atoms with Gasteiger partial charge in [0.05, 0.1) is 6.04 Å². The molecule has 0 amide bonds. The molecule has 2 aromatic heterocycles. The third-order valence-electron chi connectivity index (χ3n) is 10.6. The van der Waals surface area contributed by atoms with Gasteiger partial charge < -0.3 is 29.8 Å². The van der Waals surface area contributed by atoms with E-state index in [0.717, 1.165) is 54.7 Å². The largest absolute Gasteiger partial charge is 0.481 e. The SMILES string of the molecule is O=C(O)CCc1ccc(CNC(Cc2nccn2CCCN2CCC3(CCN(C4CCCCC4)CC3)C2)c2ncc[nH]2)cc1. The van der Waals surface area contributed by atoms with E-state index in [0.29, 0.717) is 18.4 Å². The summed E-state index contributed by atoms with van der Waals surface area (Å²) >= 11 is 0. The first-order valence-electron chi connectivity index (χ1n) is 17.0. The van der Waals surface area contributed by atoms with E-state index in [-0.39, 0.29) is 12.5 Å². The number of piperidine rings is 1. The van der Waals surface area contributed by atoms with Gasteiger partial charge in [0.15, 0.2) is 0 Å². The summed E-state index contributed by atoms with van der Waals surface area (Å²) < 4.78 is 2.32. The lowest BCUT2D eigenvalue weighted by atomic mass is 9.77. The van der Waals surface area contributed by atoms with Gasteiger partial charge >= 0.3 is 5.97 Å². The Morgan fingerprint density at radius 2 is 1.77 bits per heavy atom. The van der Waals surface area contributed by atoms with Gasteiger partial charge in [-0.15, -0.1) is 0 Å². The topological polar surface area (TPSA) is 102 Å². The number of aryl methyl sites for hydroxylation is 2. The van der Waals surface area contributed by atoms with Gasteiger partial charge in [-0.2, -0.15) is 0 Å². The van der Waals surface area contributed by atoms with Gasteiger partial charge in [-0.1, -0.05) is 43.5 Å². The van der Waals surface area contributed by atoms with E-state index in [4.69, 9.17) is 10.1 Å². The Morgan fingerprint density at radius 1 is 1.00 bits per heavy atom. The Labute approximate surface area is 262 Å². The molecule has 1 aromatic carbocycles. The van der Waals surface area contributed by atoms with Crippen molar-refractivity contribution in [2.24, 2.45) is 5.41 Å². The Kier molecular flexibility index (Phi) is 10.5. The number of nitrogens with zero attached hydrogens (tertiary/aromatic N) is 5. The van der Waals surface area contributed by atoms with Crippen LogP contribution in [0.15, 0.2) is 49.1 Å². The number of aliphatic carboxylic acids is 1. The lowest BCUT2D eigenvalue weighted by molar-refractivity contribution is -0.136. The van der Waals surface area contributed by atoms with Gasteiger partial charge in [-0.05, 0) is 87.7 Å². The number of aromatic amines is 1. The molecule has 1 aliphatic carbocycles. The van der Waals surface area contributed by atoms with Crippen LogP contribution in [0.3, 0.4) is 0 Å². The normalized spacial score (nSPS) is 20.4. The maximum absolute atomic E-state index is 10.9. The van der Waals surface area contributed by atoms with Crippen LogP contribution in [0.25, 0.3) is 0 Å². The molecule has 9 nitrogen and oxygen atoms in total. The molecule has 0 radical (unpaired) electrons. The molecule has 1 spiro atoms. The molecule has 44 heavy (non-hydrogen) atoms. The zero-order valence-corrected chi connectivity index (χ0v) is 26.3. The van der Waals surface area contributed by atoms with Crippen molar-refractivity contribution in [3.63, 3.8) is 0 Å². The molecular formula is C35H51N7O2. The number of H-pyrrole nitrogens is 1. The molecule has 238 valence electrons. The second kappa shape index (κ2) is 14.8. The lowest BCUT2D eigenvalue weighted by Crippen LogP contribution is -2.46. The van der Waals surface area contributed by atoms with E-state index in [1.165, 1.54) is 77.5 Å². The van der Waals surface area contributed by atoms with Crippen LogP contribution in [-0.4, -0.2) is 79.2 Å². The number of nitrogens with one attached hydrogen (secondary N) is 2. The number of carbonyl (C=O) groups is 1. The molecule has 6 rings (SSSR count). The van der Waals surface area contributed by atoms with E-state index in [1.807, 2.05) is 24.5 Å². The summed E-state index contributed by atoms with van der Waals surface area (Å²) in [6.45, 7) is 8.02. The van der Waals surface area contributed by atoms with Crippen LogP contribution in [0.2, 0.25) is 0 Å². The molecule has 4 heterocycles. The van der Waals surface area contributed by atoms with Crippen molar-refractivity contribution in [3.8, 4) is 0 Å². The van der Waals surface area contributed by atoms with Crippen molar-refractivity contribution >= 4 is 5.97 Å². The third-order valence-corrected chi connectivity index (χ3v) is 10.6. The minimum Gasteiger partial charge on any atom is -0.481 e. The highest BCUT2D eigenvalue weighted by Gasteiger charge is 2.41. The highest BCUT2D eigenvalue weighted by atomic mass is 16.4. The van der Waals surface area contributed by atoms with E-state index in [2.05, 4.69) is 48.0 Å². The monoisotopic (exact) mass is 601 g/mol. The van der Waals surface area contributed by atoms with Gasteiger partial charge in [-0.25, -0.2) is 9.97 Å². The molecule has 1 atom stereocenters. The summed E-state index contributed by atoms with van der Waals surface area (Å²) in [5, 5.41) is 12.6. The van der Waals surface area contributed by atoms with E-state index < -0.39 is 5.97 Å². The molecule has 9 heteroatoms. The fraction of sp³-hybridized carbons (Fsp3) is 0.629. The predicted octanol–water partition coefficient (Wildman–Crippen LogP) is 5.21. The average molecular weight is 602 g/mol. The summed E-state index contributed by atoms with van der Waals surface area (Å²) in [7, 11) is 0. The minimum absolute atomic E-state index is 0.00996. The smallest absolute Gasteiger partial charge is 0.303 e. The van der Waals surface area contributed by atoms with Gasteiger partial charge in [0.2, 0.25) is 0 Å². The van der Waals surface area contributed by atoms with Crippen LogP contribution in [0.1, 0.15) is 93.0 Å². The van der Waals surface area contributed by atoms with Crippen LogP contribution < -0.4 is 5.32 Å². The van der Waals surface area contributed by atoms with Crippen molar-refractivity contribution < 1.29 is 9.90 Å². The summed E-state index contributed by atoms with van der Waals surface area (Å²) in [6.07, 6.45) is 21.7. The first-order valence-corrected chi connectivity index (χ1v) is 17.0. The molecule has 3 aliphatic rings. The van der Waals surface area contributed by atoms with Crippen LogP contribution >= 0.6 is 0 Å². The zero-order valence-electron chi connectivity index (χ0n) is 26.3. The fourth-order valence-corrected chi connectivity index (χ4v) is 7.87. The number of carboxylic acid groups (broad SMARTS) is 1. The Morgan fingerprint density at radius 3 is 2.52 bits per heavy atom. The van der Waals surface area contributed by atoms with E-state index in [1.54, 1.807) is 6.20 Å². The van der Waals surface area contributed by atoms with Crippen molar-refractivity contribution in [1.29, 1.82) is 0 Å². The number of hydrogen-bond acceptors (Lipinski definition) is 6. The number of aromatic nitrogens is 4. The van der Waals surface area contributed by atoms with Gasteiger partial charge in [0, 0.05) is 63.3 Å². The summed E-state index contributed by atoms with van der Waals surface area (Å²) in [5.74, 6) is 1.23. The first-order chi connectivity index (χ1) is 21.6. The molecule has 3 N–H and O–H groups in total. The fourth-order valence-electron chi connectivity index (χ4n) is 7.87. The van der Waals surface area contributed by atoms with Crippen LogP contribution in [0, 0.1) is 5.41 Å². The van der Waals surface area contributed by atoms with Crippen molar-refractivity contribution in [2.45, 2.75) is 102 Å². The maximum atomic E-state index is 10.9. The van der Waals surface area contributed by atoms with Crippen LogP contribution in [0.5, 0.6) is 0 Å². The summed E-state index contributed by atoms with van der Waals surface area (Å²) in [4.78, 5) is 29.0. The third kappa shape index (κ3) is 8.17. The molecule has 1 saturated carbocycles. The quantitative estimate of drug-likeness (QED) is 0.233. The number of rotatable bonds is 14. The Hall–Kier alpha value is -3.01. The standard InChI is InChI=1S/C35H51N7O2/c43-33(44)12-11-28-7-9-29(10-8-28)26-39-31(34-37-16-17-38-34)25-32-36-18-24-42(32)20-4-19-40-21-13-35(27-40)14-22-41(23-15-35)30-5-2-1-3-6-30/h7-10,16-18,24,30-31,39H,1-6,11-15,19-23,25-27H2,(H,37,38)(H,43,44). The minimum atomic E-state index is -0.764. The van der Waals surface area contributed by atoms with Gasteiger partial charge in [-0.3, -0.25) is 4.79 Å². The molecule has 3 fully saturated rings. The van der Waals surface area contributed by atoms with Crippen LogP contribution in [-0.2, 0) is 30.7 Å². The number of likely N-dealkylation sites (tertiary alicyclic amines) is 2. The van der Waals surface area contributed by atoms with Gasteiger partial charge in [0.25, 0.3) is 0 Å². The molecule has 2 saturated heterocycles. The molecule has 0 bridgehead atoms. The first kappa shape index (κ1) is 31.0. The molecule has 1 unspecified atom stereocenters. The maximum Gasteiger partial charge on any atom is 0.303 e. The lowest BCUT2D eigenvalue weighted by Gasteiger charge is -2.44. The second-order valence-corrected chi connectivity index (χ2v) is 13.6. The molecule has 2 aliphatic heterocycles. The highest BCUT2D eigenvalue weighted by Crippen LogP contribution is 2.41. The highest BCUT2D eigenvalue weighted by molar-refractivity contribution is 5.67. The average Bonchev–Trinajstić information content (AvgIpc) is 3.82. The zero-order chi connectivity index (χ0) is 30.2. The predicted molar refractivity (Wildman–Crippen MR) is 172 cm³/mol. The Balaban J connectivity index is 0.968. The number of imidazole rings is 2. The Bertz CT molecular complexity index is 1290. The van der Waals surface area contributed by atoms with E-state index >= 15 is 0 Å². The second-order valence-electron chi connectivity index (χ2n) is 13.6. The number of benzene rings is 1. The molecule has 3 aromatic rings. The van der Waals surface area contributed by atoms with Crippen molar-refractivity contribution in [2.75, 3.05) is 32.7 Å². The van der Waals surface area contributed by atoms with Crippen molar-refractivity contribution in [3.05, 3.63) is 71.8 Å².